The minimum absolute atomic E-state index is 0.0433. The standard InChI is InChI=1S/C14H20N2O3/c1-15(2)12-6-4-11(5-7-12)10-16(3)13(17)8-9-14(18)19/h4-7H,8-10H2,1-3H3,(H,18,19). The molecule has 0 atom stereocenters. The van der Waals surface area contributed by atoms with Crippen molar-refractivity contribution in [1.29, 1.82) is 0 Å². The molecule has 1 amide bonds. The topological polar surface area (TPSA) is 60.9 Å². The van der Waals surface area contributed by atoms with Gasteiger partial charge in [0, 0.05) is 39.8 Å². The van der Waals surface area contributed by atoms with Crippen molar-refractivity contribution in [3.63, 3.8) is 0 Å². The Hall–Kier alpha value is -2.04. The van der Waals surface area contributed by atoms with Crippen molar-refractivity contribution in [1.82, 2.24) is 4.90 Å². The van der Waals surface area contributed by atoms with Gasteiger partial charge in [0.1, 0.15) is 0 Å². The molecule has 0 heterocycles. The molecule has 0 saturated heterocycles. The molecule has 0 spiro atoms. The van der Waals surface area contributed by atoms with Gasteiger partial charge in [0.25, 0.3) is 0 Å². The van der Waals surface area contributed by atoms with Gasteiger partial charge in [-0.15, -0.1) is 0 Å². The molecular weight excluding hydrogens is 244 g/mol. The highest BCUT2D eigenvalue weighted by atomic mass is 16.4. The van der Waals surface area contributed by atoms with Gasteiger partial charge in [-0.3, -0.25) is 9.59 Å². The third kappa shape index (κ3) is 4.99. The molecule has 1 rings (SSSR count). The average molecular weight is 264 g/mol. The Morgan fingerprint density at radius 1 is 1.05 bits per heavy atom. The van der Waals surface area contributed by atoms with Crippen LogP contribution in [0.3, 0.4) is 0 Å². The smallest absolute Gasteiger partial charge is 0.303 e. The Bertz CT molecular complexity index is 441. The van der Waals surface area contributed by atoms with Crippen LogP contribution in [0.1, 0.15) is 18.4 Å². The van der Waals surface area contributed by atoms with Crippen LogP contribution in [-0.2, 0) is 16.1 Å². The number of amides is 1. The summed E-state index contributed by atoms with van der Waals surface area (Å²) in [7, 11) is 5.62. The molecule has 0 radical (unpaired) electrons. The molecule has 0 saturated carbocycles. The van der Waals surface area contributed by atoms with E-state index in [4.69, 9.17) is 5.11 Å². The molecule has 0 aliphatic rings. The monoisotopic (exact) mass is 264 g/mol. The fraction of sp³-hybridized carbons (Fsp3) is 0.429. The van der Waals surface area contributed by atoms with Crippen molar-refractivity contribution in [2.45, 2.75) is 19.4 Å². The van der Waals surface area contributed by atoms with Gasteiger partial charge >= 0.3 is 5.97 Å². The molecule has 5 nitrogen and oxygen atoms in total. The number of carbonyl (C=O) groups is 2. The van der Waals surface area contributed by atoms with E-state index in [1.54, 1.807) is 11.9 Å². The van der Waals surface area contributed by atoms with Crippen LogP contribution in [-0.4, -0.2) is 43.0 Å². The lowest BCUT2D eigenvalue weighted by Gasteiger charge is -2.18. The number of hydrogen-bond donors (Lipinski definition) is 1. The van der Waals surface area contributed by atoms with Crippen molar-refractivity contribution < 1.29 is 14.7 Å². The Morgan fingerprint density at radius 2 is 1.63 bits per heavy atom. The number of aliphatic carboxylic acids is 1. The Balaban J connectivity index is 2.54. The van der Waals surface area contributed by atoms with Gasteiger partial charge in [0.2, 0.25) is 5.91 Å². The Kier molecular flexibility index (Phi) is 5.36. The summed E-state index contributed by atoms with van der Waals surface area (Å²) in [6.45, 7) is 0.492. The zero-order valence-electron chi connectivity index (χ0n) is 11.6. The van der Waals surface area contributed by atoms with Gasteiger partial charge in [-0.25, -0.2) is 0 Å². The van der Waals surface area contributed by atoms with Crippen LogP contribution in [0, 0.1) is 0 Å². The molecule has 19 heavy (non-hydrogen) atoms. The maximum absolute atomic E-state index is 11.7. The summed E-state index contributed by atoms with van der Waals surface area (Å²) >= 11 is 0. The van der Waals surface area contributed by atoms with Crippen LogP contribution >= 0.6 is 0 Å². The van der Waals surface area contributed by atoms with Crippen LogP contribution in [0.4, 0.5) is 5.69 Å². The van der Waals surface area contributed by atoms with Crippen molar-refractivity contribution in [3.05, 3.63) is 29.8 Å². The fourth-order valence-corrected chi connectivity index (χ4v) is 1.67. The van der Waals surface area contributed by atoms with Gasteiger partial charge in [0.05, 0.1) is 6.42 Å². The minimum atomic E-state index is -0.947. The first-order chi connectivity index (χ1) is 8.90. The lowest BCUT2D eigenvalue weighted by molar-refractivity contribution is -0.140. The normalized spacial score (nSPS) is 10.1. The molecule has 0 fully saturated rings. The summed E-state index contributed by atoms with van der Waals surface area (Å²) in [6, 6.07) is 7.92. The molecule has 0 aliphatic carbocycles. The summed E-state index contributed by atoms with van der Waals surface area (Å²) in [5.41, 5.74) is 2.13. The maximum atomic E-state index is 11.7. The van der Waals surface area contributed by atoms with Crippen LogP contribution in [0.2, 0.25) is 0 Å². The first kappa shape index (κ1) is 15.0. The van der Waals surface area contributed by atoms with E-state index in [1.807, 2.05) is 43.3 Å². The maximum Gasteiger partial charge on any atom is 0.303 e. The average Bonchev–Trinajstić information content (AvgIpc) is 2.36. The van der Waals surface area contributed by atoms with Crippen LogP contribution in [0.25, 0.3) is 0 Å². The summed E-state index contributed by atoms with van der Waals surface area (Å²) in [6.07, 6.45) is -0.0790. The SMILES string of the molecule is CN(Cc1ccc(N(C)C)cc1)C(=O)CCC(=O)O. The quantitative estimate of drug-likeness (QED) is 0.847. The van der Waals surface area contributed by atoms with E-state index in [2.05, 4.69) is 0 Å². The van der Waals surface area contributed by atoms with Crippen molar-refractivity contribution in [2.24, 2.45) is 0 Å². The van der Waals surface area contributed by atoms with E-state index in [0.717, 1.165) is 11.3 Å². The number of anilines is 1. The third-order valence-corrected chi connectivity index (χ3v) is 2.85. The van der Waals surface area contributed by atoms with Gasteiger partial charge < -0.3 is 14.9 Å². The summed E-state index contributed by atoms with van der Waals surface area (Å²) in [5, 5.41) is 8.54. The van der Waals surface area contributed by atoms with Crippen molar-refractivity contribution in [3.8, 4) is 0 Å². The number of carboxylic acids is 1. The summed E-state index contributed by atoms with van der Waals surface area (Å²) in [5.74, 6) is -1.10. The second kappa shape index (κ2) is 6.78. The van der Waals surface area contributed by atoms with E-state index in [9.17, 15) is 9.59 Å². The number of carboxylic acid groups (broad SMARTS) is 1. The number of hydrogen-bond acceptors (Lipinski definition) is 3. The second-order valence-corrected chi connectivity index (χ2v) is 4.70. The predicted molar refractivity (Wildman–Crippen MR) is 74.1 cm³/mol. The van der Waals surface area contributed by atoms with E-state index < -0.39 is 5.97 Å². The van der Waals surface area contributed by atoms with E-state index in [-0.39, 0.29) is 18.7 Å². The highest BCUT2D eigenvalue weighted by Crippen LogP contribution is 2.13. The summed E-state index contributed by atoms with van der Waals surface area (Å²) in [4.78, 5) is 25.6. The molecule has 0 bridgehead atoms. The molecule has 1 aromatic carbocycles. The summed E-state index contributed by atoms with van der Waals surface area (Å²) < 4.78 is 0. The minimum Gasteiger partial charge on any atom is -0.481 e. The van der Waals surface area contributed by atoms with Gasteiger partial charge in [-0.1, -0.05) is 12.1 Å². The molecule has 1 aromatic rings. The van der Waals surface area contributed by atoms with Gasteiger partial charge in [0.15, 0.2) is 0 Å². The molecular formula is C14H20N2O3. The molecule has 104 valence electrons. The number of rotatable bonds is 6. The number of nitrogens with zero attached hydrogens (tertiary/aromatic N) is 2. The third-order valence-electron chi connectivity index (χ3n) is 2.85. The van der Waals surface area contributed by atoms with Crippen molar-refractivity contribution >= 4 is 17.6 Å². The van der Waals surface area contributed by atoms with Crippen LogP contribution < -0.4 is 4.90 Å². The molecule has 5 heteroatoms. The Morgan fingerprint density at radius 3 is 2.11 bits per heavy atom. The molecule has 0 aromatic heterocycles. The van der Waals surface area contributed by atoms with Crippen molar-refractivity contribution in [2.75, 3.05) is 26.0 Å². The highest BCUT2D eigenvalue weighted by Gasteiger charge is 2.11. The fourth-order valence-electron chi connectivity index (χ4n) is 1.67. The first-order valence-corrected chi connectivity index (χ1v) is 6.12. The molecule has 0 aliphatic heterocycles. The van der Waals surface area contributed by atoms with Crippen LogP contribution in [0.5, 0.6) is 0 Å². The van der Waals surface area contributed by atoms with E-state index in [1.165, 1.54) is 0 Å². The lowest BCUT2D eigenvalue weighted by Crippen LogP contribution is -2.26. The van der Waals surface area contributed by atoms with E-state index >= 15 is 0 Å². The van der Waals surface area contributed by atoms with Gasteiger partial charge in [-0.2, -0.15) is 0 Å². The Labute approximate surface area is 113 Å². The van der Waals surface area contributed by atoms with Crippen LogP contribution in [0.15, 0.2) is 24.3 Å². The molecule has 0 unspecified atom stereocenters. The number of carbonyl (C=O) groups excluding carboxylic acids is 1. The van der Waals surface area contributed by atoms with E-state index in [0.29, 0.717) is 6.54 Å². The second-order valence-electron chi connectivity index (χ2n) is 4.70. The molecule has 1 N–H and O–H groups in total. The number of benzene rings is 1. The largest absolute Gasteiger partial charge is 0.481 e. The lowest BCUT2D eigenvalue weighted by atomic mass is 10.2. The predicted octanol–water partition coefficient (Wildman–Crippen LogP) is 1.58. The zero-order valence-corrected chi connectivity index (χ0v) is 11.6. The first-order valence-electron chi connectivity index (χ1n) is 6.12. The van der Waals surface area contributed by atoms with Gasteiger partial charge in [-0.05, 0) is 17.7 Å². The highest BCUT2D eigenvalue weighted by molar-refractivity contribution is 5.80. The zero-order chi connectivity index (χ0) is 14.4.